The van der Waals surface area contributed by atoms with E-state index in [-0.39, 0.29) is 12.3 Å². The molecule has 17 heavy (non-hydrogen) atoms. The van der Waals surface area contributed by atoms with Gasteiger partial charge in [0, 0.05) is 0 Å². The average Bonchev–Trinajstić information content (AvgIpc) is 2.29. The highest BCUT2D eigenvalue weighted by atomic mass is 19.3. The Bertz CT molecular complexity index is 483. The van der Waals surface area contributed by atoms with Crippen molar-refractivity contribution in [2.24, 2.45) is 0 Å². The monoisotopic (exact) mass is 242 g/mol. The van der Waals surface area contributed by atoms with E-state index < -0.39 is 29.4 Å². The van der Waals surface area contributed by atoms with Gasteiger partial charge in [-0.1, -0.05) is 0 Å². The van der Waals surface area contributed by atoms with E-state index in [0.717, 1.165) is 6.07 Å². The van der Waals surface area contributed by atoms with Crippen LogP contribution in [0.3, 0.4) is 0 Å². The molecule has 0 saturated carbocycles. The van der Waals surface area contributed by atoms with Crippen molar-refractivity contribution in [3.8, 4) is 11.8 Å². The second kappa shape index (κ2) is 5.21. The van der Waals surface area contributed by atoms with Crippen LogP contribution < -0.4 is 0 Å². The lowest BCUT2D eigenvalue weighted by molar-refractivity contribution is 0.0514. The van der Waals surface area contributed by atoms with Crippen LogP contribution in [0, 0.1) is 11.3 Å². The summed E-state index contributed by atoms with van der Waals surface area (Å²) in [5.74, 6) is -2.01. The van der Waals surface area contributed by atoms with Crippen LogP contribution in [0.2, 0.25) is 0 Å². The molecule has 0 aliphatic rings. The van der Waals surface area contributed by atoms with Crippen molar-refractivity contribution in [2.45, 2.75) is 13.3 Å². The molecule has 7 heteroatoms. The minimum atomic E-state index is -3.02. The third-order valence-electron chi connectivity index (χ3n) is 1.84. The number of carbonyl (C=O) groups excluding carboxylic acids is 1. The highest BCUT2D eigenvalue weighted by molar-refractivity contribution is 5.90. The molecule has 0 aliphatic carbocycles. The first kappa shape index (κ1) is 12.8. The molecule has 1 aromatic rings. The molecule has 0 saturated heterocycles. The number of aromatic nitrogens is 1. The first-order valence-corrected chi connectivity index (χ1v) is 4.60. The number of aromatic hydroxyl groups is 1. The van der Waals surface area contributed by atoms with Crippen LogP contribution in [-0.4, -0.2) is 22.7 Å². The molecule has 0 atom stereocenters. The maximum atomic E-state index is 12.5. The molecule has 0 radical (unpaired) electrons. The van der Waals surface area contributed by atoms with Gasteiger partial charge in [0.2, 0.25) is 0 Å². The summed E-state index contributed by atoms with van der Waals surface area (Å²) in [5, 5.41) is 18.0. The van der Waals surface area contributed by atoms with Gasteiger partial charge in [-0.05, 0) is 13.0 Å². The number of ether oxygens (including phenoxy) is 1. The number of pyridine rings is 1. The fourth-order valence-electron chi connectivity index (χ4n) is 1.12. The average molecular weight is 242 g/mol. The third kappa shape index (κ3) is 2.66. The highest BCUT2D eigenvalue weighted by Gasteiger charge is 2.23. The number of alkyl halides is 2. The van der Waals surface area contributed by atoms with Crippen LogP contribution in [0.1, 0.15) is 35.1 Å². The molecule has 0 aliphatic heterocycles. The summed E-state index contributed by atoms with van der Waals surface area (Å²) in [5.41, 5.74) is -1.89. The van der Waals surface area contributed by atoms with E-state index in [1.807, 2.05) is 0 Å². The lowest BCUT2D eigenvalue weighted by Crippen LogP contribution is -2.10. The number of nitriles is 1. The lowest BCUT2D eigenvalue weighted by Gasteiger charge is -2.08. The predicted molar refractivity (Wildman–Crippen MR) is 51.5 cm³/mol. The van der Waals surface area contributed by atoms with Crippen molar-refractivity contribution in [3.05, 3.63) is 23.0 Å². The molecule has 0 fully saturated rings. The molecular formula is C10H8F2N2O3. The van der Waals surface area contributed by atoms with E-state index >= 15 is 0 Å². The van der Waals surface area contributed by atoms with Crippen molar-refractivity contribution >= 4 is 5.97 Å². The maximum Gasteiger partial charge on any atom is 0.360 e. The van der Waals surface area contributed by atoms with Gasteiger partial charge in [0.1, 0.15) is 11.8 Å². The zero-order chi connectivity index (χ0) is 13.0. The van der Waals surface area contributed by atoms with Gasteiger partial charge in [-0.2, -0.15) is 5.26 Å². The van der Waals surface area contributed by atoms with Gasteiger partial charge in [-0.15, -0.1) is 0 Å². The molecule has 1 N–H and O–H groups in total. The molecule has 5 nitrogen and oxygen atoms in total. The van der Waals surface area contributed by atoms with E-state index in [1.165, 1.54) is 13.0 Å². The molecule has 0 amide bonds. The number of esters is 1. The Hall–Kier alpha value is -2.23. The van der Waals surface area contributed by atoms with E-state index in [9.17, 15) is 18.7 Å². The van der Waals surface area contributed by atoms with E-state index in [1.54, 1.807) is 0 Å². The van der Waals surface area contributed by atoms with Gasteiger partial charge in [-0.3, -0.25) is 0 Å². The summed E-state index contributed by atoms with van der Waals surface area (Å²) in [7, 11) is 0. The van der Waals surface area contributed by atoms with Gasteiger partial charge in [-0.25, -0.2) is 18.6 Å². The van der Waals surface area contributed by atoms with E-state index in [4.69, 9.17) is 5.26 Å². The SMILES string of the molecule is CCOC(=O)c1nc(C#N)cc(C(F)F)c1O. The van der Waals surface area contributed by atoms with Gasteiger partial charge in [0.25, 0.3) is 6.43 Å². The summed E-state index contributed by atoms with van der Waals surface area (Å²) in [6.07, 6.45) is -3.02. The summed E-state index contributed by atoms with van der Waals surface area (Å²) in [6.45, 7) is 1.51. The standard InChI is InChI=1S/C10H8F2N2O3/c1-2-17-10(16)7-8(15)6(9(11)12)3-5(4-13)14-7/h3,9,15H,2H2,1H3. The third-order valence-corrected chi connectivity index (χ3v) is 1.84. The first-order chi connectivity index (χ1) is 8.01. The Morgan fingerprint density at radius 2 is 2.35 bits per heavy atom. The molecule has 0 aromatic carbocycles. The molecule has 0 spiro atoms. The molecule has 0 bridgehead atoms. The number of rotatable bonds is 3. The van der Waals surface area contributed by atoms with Crippen molar-refractivity contribution in [3.63, 3.8) is 0 Å². The Labute approximate surface area is 95.3 Å². The predicted octanol–water partition coefficient (Wildman–Crippen LogP) is 1.77. The second-order valence-corrected chi connectivity index (χ2v) is 2.93. The van der Waals surface area contributed by atoms with Crippen LogP contribution in [0.4, 0.5) is 8.78 Å². The summed E-state index contributed by atoms with van der Waals surface area (Å²) < 4.78 is 29.6. The number of halogens is 2. The van der Waals surface area contributed by atoms with Crippen molar-refractivity contribution in [2.75, 3.05) is 6.61 Å². The lowest BCUT2D eigenvalue weighted by atomic mass is 10.1. The molecule has 90 valence electrons. The van der Waals surface area contributed by atoms with Crippen LogP contribution >= 0.6 is 0 Å². The fraction of sp³-hybridized carbons (Fsp3) is 0.300. The number of hydrogen-bond acceptors (Lipinski definition) is 5. The van der Waals surface area contributed by atoms with Crippen molar-refractivity contribution < 1.29 is 23.4 Å². The topological polar surface area (TPSA) is 83.2 Å². The van der Waals surface area contributed by atoms with Gasteiger partial charge < -0.3 is 9.84 Å². The second-order valence-electron chi connectivity index (χ2n) is 2.93. The van der Waals surface area contributed by atoms with Crippen LogP contribution in [0.25, 0.3) is 0 Å². The van der Waals surface area contributed by atoms with E-state index in [2.05, 4.69) is 9.72 Å². The van der Waals surface area contributed by atoms with Crippen LogP contribution in [0.15, 0.2) is 6.07 Å². The largest absolute Gasteiger partial charge is 0.505 e. The Morgan fingerprint density at radius 1 is 1.71 bits per heavy atom. The molecule has 1 aromatic heterocycles. The summed E-state index contributed by atoms with van der Waals surface area (Å²) in [6, 6.07) is 2.25. The van der Waals surface area contributed by atoms with Crippen LogP contribution in [0.5, 0.6) is 5.75 Å². The molecule has 1 heterocycles. The summed E-state index contributed by atoms with van der Waals surface area (Å²) >= 11 is 0. The molecular weight excluding hydrogens is 234 g/mol. The first-order valence-electron chi connectivity index (χ1n) is 4.60. The highest BCUT2D eigenvalue weighted by Crippen LogP contribution is 2.31. The smallest absolute Gasteiger partial charge is 0.360 e. The Kier molecular flexibility index (Phi) is 3.93. The van der Waals surface area contributed by atoms with Crippen LogP contribution in [-0.2, 0) is 4.74 Å². The number of nitrogens with zero attached hydrogens (tertiary/aromatic N) is 2. The van der Waals surface area contributed by atoms with Crippen molar-refractivity contribution in [1.82, 2.24) is 4.98 Å². The Balaban J connectivity index is 3.35. The zero-order valence-corrected chi connectivity index (χ0v) is 8.78. The quantitative estimate of drug-likeness (QED) is 0.816. The van der Waals surface area contributed by atoms with Gasteiger partial charge in [0.15, 0.2) is 11.4 Å². The zero-order valence-electron chi connectivity index (χ0n) is 8.78. The molecule has 1 rings (SSSR count). The molecule has 0 unspecified atom stereocenters. The minimum Gasteiger partial charge on any atom is -0.505 e. The maximum absolute atomic E-state index is 12.5. The Morgan fingerprint density at radius 3 is 2.82 bits per heavy atom. The van der Waals surface area contributed by atoms with Gasteiger partial charge >= 0.3 is 5.97 Å². The fourth-order valence-corrected chi connectivity index (χ4v) is 1.12. The summed E-state index contributed by atoms with van der Waals surface area (Å²) in [4.78, 5) is 14.7. The van der Waals surface area contributed by atoms with Gasteiger partial charge in [0.05, 0.1) is 12.2 Å². The number of carbonyl (C=O) groups is 1. The minimum absolute atomic E-state index is 0.000741. The van der Waals surface area contributed by atoms with E-state index in [0.29, 0.717) is 0 Å². The van der Waals surface area contributed by atoms with Crippen molar-refractivity contribution in [1.29, 1.82) is 5.26 Å². The number of hydrogen-bond donors (Lipinski definition) is 1. The normalized spacial score (nSPS) is 10.1.